The van der Waals surface area contributed by atoms with Crippen molar-refractivity contribution >= 4 is 27.7 Å². The highest BCUT2D eigenvalue weighted by Gasteiger charge is 2.13. The molecule has 0 saturated heterocycles. The Kier molecular flexibility index (Phi) is 4.74. The fourth-order valence-corrected chi connectivity index (χ4v) is 2.09. The van der Waals surface area contributed by atoms with Crippen LogP contribution in [0.25, 0.3) is 0 Å². The molecule has 5 heteroatoms. The van der Waals surface area contributed by atoms with Crippen LogP contribution >= 0.6 is 15.9 Å². The molecule has 0 radical (unpaired) electrons. The number of amides is 1. The summed E-state index contributed by atoms with van der Waals surface area (Å²) in [4.78, 5) is 18.2. The summed E-state index contributed by atoms with van der Waals surface area (Å²) in [6, 6.07) is 13.3. The van der Waals surface area contributed by atoms with Crippen LogP contribution in [0.3, 0.4) is 0 Å². The fraction of sp³-hybridized carbons (Fsp3) is 0.200. The number of carbonyl (C=O) groups excluding carboxylic acids is 1. The van der Waals surface area contributed by atoms with Gasteiger partial charge in [-0.2, -0.15) is 0 Å². The molecule has 0 atom stereocenters. The number of carbonyl (C=O) groups is 1. The van der Waals surface area contributed by atoms with Crippen LogP contribution in [0.2, 0.25) is 0 Å². The van der Waals surface area contributed by atoms with Crippen LogP contribution in [0.5, 0.6) is 0 Å². The maximum atomic E-state index is 12.3. The molecule has 0 bridgehead atoms. The van der Waals surface area contributed by atoms with Crippen LogP contribution in [-0.2, 0) is 6.54 Å². The Labute approximate surface area is 127 Å². The first-order chi connectivity index (χ1) is 9.60. The monoisotopic (exact) mass is 333 g/mol. The highest BCUT2D eigenvalue weighted by Crippen LogP contribution is 2.13. The lowest BCUT2D eigenvalue weighted by Crippen LogP contribution is -2.27. The van der Waals surface area contributed by atoms with E-state index in [0.717, 1.165) is 10.0 Å². The first-order valence-corrected chi connectivity index (χ1v) is 7.04. The van der Waals surface area contributed by atoms with Crippen molar-refractivity contribution in [3.63, 3.8) is 0 Å². The predicted octanol–water partition coefficient (Wildman–Crippen LogP) is 3.16. The normalized spacial score (nSPS) is 10.2. The van der Waals surface area contributed by atoms with E-state index in [1.54, 1.807) is 25.1 Å². The summed E-state index contributed by atoms with van der Waals surface area (Å²) in [5, 5.41) is 2.93. The molecule has 0 aliphatic heterocycles. The summed E-state index contributed by atoms with van der Waals surface area (Å²) in [7, 11) is 3.56. The zero-order valence-electron chi connectivity index (χ0n) is 11.4. The van der Waals surface area contributed by atoms with Crippen LogP contribution < -0.4 is 5.32 Å². The van der Waals surface area contributed by atoms with Gasteiger partial charge in [0.05, 0.1) is 0 Å². The Morgan fingerprint density at radius 2 is 1.95 bits per heavy atom. The van der Waals surface area contributed by atoms with E-state index < -0.39 is 0 Å². The summed E-state index contributed by atoms with van der Waals surface area (Å²) < 4.78 is 1.03. The van der Waals surface area contributed by atoms with Gasteiger partial charge in [0.15, 0.2) is 0 Å². The number of hydrogen-bond acceptors (Lipinski definition) is 3. The molecule has 0 unspecified atom stereocenters. The Morgan fingerprint density at radius 1 is 1.25 bits per heavy atom. The number of pyridine rings is 1. The van der Waals surface area contributed by atoms with Crippen molar-refractivity contribution in [1.29, 1.82) is 0 Å². The molecule has 0 aliphatic rings. The quantitative estimate of drug-likeness (QED) is 0.934. The summed E-state index contributed by atoms with van der Waals surface area (Å²) in [5.74, 6) is 0.595. The van der Waals surface area contributed by atoms with Gasteiger partial charge in [0.25, 0.3) is 5.91 Å². The van der Waals surface area contributed by atoms with Crippen molar-refractivity contribution < 1.29 is 4.79 Å². The molecule has 0 saturated carbocycles. The first-order valence-electron chi connectivity index (χ1n) is 6.25. The topological polar surface area (TPSA) is 45.2 Å². The molecule has 104 valence electrons. The van der Waals surface area contributed by atoms with E-state index in [0.29, 0.717) is 18.1 Å². The standard InChI is InChI=1S/C15H16BrN3O/c1-17-14-5-3-4-13(18-14)15(20)19(2)10-11-6-8-12(16)9-7-11/h3-9H,10H2,1-2H3,(H,17,18). The van der Waals surface area contributed by atoms with Gasteiger partial charge in [-0.1, -0.05) is 34.1 Å². The molecular weight excluding hydrogens is 318 g/mol. The van der Waals surface area contributed by atoms with Crippen molar-refractivity contribution in [2.45, 2.75) is 6.54 Å². The van der Waals surface area contributed by atoms with E-state index in [9.17, 15) is 4.79 Å². The van der Waals surface area contributed by atoms with E-state index in [2.05, 4.69) is 26.2 Å². The zero-order chi connectivity index (χ0) is 14.5. The van der Waals surface area contributed by atoms with Gasteiger partial charge in [0, 0.05) is 25.1 Å². The summed E-state index contributed by atoms with van der Waals surface area (Å²) in [5.41, 5.74) is 1.52. The maximum Gasteiger partial charge on any atom is 0.272 e. The number of hydrogen-bond donors (Lipinski definition) is 1. The lowest BCUT2D eigenvalue weighted by molar-refractivity contribution is 0.0779. The second-order valence-corrected chi connectivity index (χ2v) is 5.36. The van der Waals surface area contributed by atoms with Crippen molar-refractivity contribution in [3.8, 4) is 0 Å². The van der Waals surface area contributed by atoms with Gasteiger partial charge >= 0.3 is 0 Å². The van der Waals surface area contributed by atoms with E-state index >= 15 is 0 Å². The third-order valence-corrected chi connectivity index (χ3v) is 3.43. The van der Waals surface area contributed by atoms with Crippen molar-refractivity contribution in [2.75, 3.05) is 19.4 Å². The van der Waals surface area contributed by atoms with E-state index in [1.807, 2.05) is 36.4 Å². The van der Waals surface area contributed by atoms with Gasteiger partial charge in [-0.15, -0.1) is 0 Å². The molecule has 4 nitrogen and oxygen atoms in total. The summed E-state index contributed by atoms with van der Waals surface area (Å²) >= 11 is 3.40. The summed E-state index contributed by atoms with van der Waals surface area (Å²) in [6.07, 6.45) is 0. The molecule has 1 heterocycles. The number of benzene rings is 1. The Balaban J connectivity index is 2.09. The molecule has 0 aliphatic carbocycles. The van der Waals surface area contributed by atoms with Gasteiger partial charge in [-0.05, 0) is 29.8 Å². The molecule has 0 spiro atoms. The number of rotatable bonds is 4. The smallest absolute Gasteiger partial charge is 0.272 e. The van der Waals surface area contributed by atoms with Gasteiger partial charge < -0.3 is 10.2 Å². The highest BCUT2D eigenvalue weighted by atomic mass is 79.9. The van der Waals surface area contributed by atoms with Gasteiger partial charge in [-0.3, -0.25) is 4.79 Å². The molecule has 20 heavy (non-hydrogen) atoms. The lowest BCUT2D eigenvalue weighted by atomic mass is 10.2. The van der Waals surface area contributed by atoms with Crippen molar-refractivity contribution in [3.05, 3.63) is 58.2 Å². The minimum atomic E-state index is -0.0926. The number of nitrogens with one attached hydrogen (secondary N) is 1. The number of halogens is 1. The van der Waals surface area contributed by atoms with Crippen molar-refractivity contribution in [2.24, 2.45) is 0 Å². The zero-order valence-corrected chi connectivity index (χ0v) is 13.0. The molecular formula is C15H16BrN3O. The van der Waals surface area contributed by atoms with Gasteiger partial charge in [0.1, 0.15) is 11.5 Å². The van der Waals surface area contributed by atoms with Crippen LogP contribution in [0, 0.1) is 0 Å². The van der Waals surface area contributed by atoms with Crippen LogP contribution in [-0.4, -0.2) is 29.9 Å². The second kappa shape index (κ2) is 6.52. The number of aromatic nitrogens is 1. The minimum absolute atomic E-state index is 0.0926. The van der Waals surface area contributed by atoms with E-state index in [-0.39, 0.29) is 5.91 Å². The average molecular weight is 334 g/mol. The molecule has 0 fully saturated rings. The van der Waals surface area contributed by atoms with Crippen LogP contribution in [0.4, 0.5) is 5.82 Å². The highest BCUT2D eigenvalue weighted by molar-refractivity contribution is 9.10. The Bertz CT molecular complexity index is 598. The third kappa shape index (κ3) is 3.57. The largest absolute Gasteiger partial charge is 0.373 e. The Morgan fingerprint density at radius 3 is 2.60 bits per heavy atom. The predicted molar refractivity (Wildman–Crippen MR) is 83.7 cm³/mol. The second-order valence-electron chi connectivity index (χ2n) is 4.45. The third-order valence-electron chi connectivity index (χ3n) is 2.90. The number of anilines is 1. The average Bonchev–Trinajstić information content (AvgIpc) is 2.48. The minimum Gasteiger partial charge on any atom is -0.373 e. The molecule has 2 aromatic rings. The van der Waals surface area contributed by atoms with E-state index in [4.69, 9.17) is 0 Å². The molecule has 1 aromatic heterocycles. The fourth-order valence-electron chi connectivity index (χ4n) is 1.82. The lowest BCUT2D eigenvalue weighted by Gasteiger charge is -2.17. The molecule has 1 N–H and O–H groups in total. The molecule has 1 aromatic carbocycles. The molecule has 1 amide bonds. The van der Waals surface area contributed by atoms with E-state index in [1.165, 1.54) is 0 Å². The van der Waals surface area contributed by atoms with Gasteiger partial charge in [-0.25, -0.2) is 4.98 Å². The Hall–Kier alpha value is -1.88. The maximum absolute atomic E-state index is 12.3. The van der Waals surface area contributed by atoms with Gasteiger partial charge in [0.2, 0.25) is 0 Å². The van der Waals surface area contributed by atoms with Crippen LogP contribution in [0.15, 0.2) is 46.9 Å². The molecule has 2 rings (SSSR count). The number of nitrogens with zero attached hydrogens (tertiary/aromatic N) is 2. The summed E-state index contributed by atoms with van der Waals surface area (Å²) in [6.45, 7) is 0.553. The SMILES string of the molecule is CNc1cccc(C(=O)N(C)Cc2ccc(Br)cc2)n1. The van der Waals surface area contributed by atoms with Crippen LogP contribution in [0.1, 0.15) is 16.1 Å². The van der Waals surface area contributed by atoms with Crippen molar-refractivity contribution in [1.82, 2.24) is 9.88 Å². The first kappa shape index (κ1) is 14.5.